The number of anilines is 2. The number of rotatable bonds is 5. The number of piperazine rings is 1. The van der Waals surface area contributed by atoms with Crippen LogP contribution >= 0.6 is 0 Å². The summed E-state index contributed by atoms with van der Waals surface area (Å²) in [6.45, 7) is 6.18. The Morgan fingerprint density at radius 2 is 1.66 bits per heavy atom. The van der Waals surface area contributed by atoms with Crippen molar-refractivity contribution in [2.45, 2.75) is 13.8 Å². The molecule has 0 unspecified atom stereocenters. The van der Waals surface area contributed by atoms with Crippen molar-refractivity contribution in [1.29, 1.82) is 0 Å². The van der Waals surface area contributed by atoms with Crippen molar-refractivity contribution in [3.63, 3.8) is 0 Å². The number of carbonyl (C=O) groups is 3. The van der Waals surface area contributed by atoms with Crippen molar-refractivity contribution in [3.05, 3.63) is 59.7 Å². The average Bonchev–Trinajstić information content (AvgIpc) is 2.74. The highest BCUT2D eigenvalue weighted by molar-refractivity contribution is 5.95. The van der Waals surface area contributed by atoms with Gasteiger partial charge in [-0.25, -0.2) is 9.59 Å². The number of Topliss-reactive ketones (excluding diaryl/α,β-unsaturated/α-hetero) is 1. The van der Waals surface area contributed by atoms with Gasteiger partial charge in [0.05, 0.1) is 12.2 Å². The maximum atomic E-state index is 12.5. The molecule has 0 aromatic heterocycles. The molecule has 0 radical (unpaired) electrons. The molecule has 2 aromatic rings. The zero-order chi connectivity index (χ0) is 20.8. The lowest BCUT2D eigenvalue weighted by Crippen LogP contribution is -2.50. The second-order valence-electron chi connectivity index (χ2n) is 6.81. The monoisotopic (exact) mass is 395 g/mol. The molecule has 0 spiro atoms. The zero-order valence-corrected chi connectivity index (χ0v) is 16.7. The van der Waals surface area contributed by atoms with Crippen molar-refractivity contribution in [2.75, 3.05) is 43.0 Å². The smallest absolute Gasteiger partial charge is 0.338 e. The minimum Gasteiger partial charge on any atom is -0.462 e. The third kappa shape index (κ3) is 5.13. The van der Waals surface area contributed by atoms with Crippen molar-refractivity contribution >= 4 is 29.2 Å². The van der Waals surface area contributed by atoms with E-state index in [1.807, 2.05) is 24.3 Å². The summed E-state index contributed by atoms with van der Waals surface area (Å²) in [7, 11) is 0. The van der Waals surface area contributed by atoms with Gasteiger partial charge in [-0.05, 0) is 50.2 Å². The van der Waals surface area contributed by atoms with Crippen LogP contribution in [0, 0.1) is 0 Å². The van der Waals surface area contributed by atoms with Gasteiger partial charge in [-0.2, -0.15) is 0 Å². The molecular formula is C22H25N3O4. The van der Waals surface area contributed by atoms with Crippen LogP contribution in [0.5, 0.6) is 0 Å². The molecule has 7 nitrogen and oxygen atoms in total. The van der Waals surface area contributed by atoms with Crippen molar-refractivity contribution in [2.24, 2.45) is 0 Å². The molecule has 29 heavy (non-hydrogen) atoms. The fraction of sp³-hybridized carbons (Fsp3) is 0.318. The van der Waals surface area contributed by atoms with Crippen LogP contribution in [0.25, 0.3) is 0 Å². The zero-order valence-electron chi connectivity index (χ0n) is 16.7. The molecule has 0 saturated carbocycles. The topological polar surface area (TPSA) is 79.0 Å². The number of nitrogens with one attached hydrogen (secondary N) is 1. The summed E-state index contributed by atoms with van der Waals surface area (Å²) in [5.41, 5.74) is 2.76. The number of hydrogen-bond donors (Lipinski definition) is 1. The summed E-state index contributed by atoms with van der Waals surface area (Å²) in [5.74, 6) is -0.339. The standard InChI is InChI=1S/C22H25N3O4/c1-3-29-21(27)17-7-9-19(10-8-17)23-22(28)25-13-11-24(12-14-25)20-6-4-5-18(15-20)16(2)26/h4-10,15H,3,11-14H2,1-2H3,(H,23,28). The van der Waals surface area contributed by atoms with Gasteiger partial charge in [0.25, 0.3) is 0 Å². The van der Waals surface area contributed by atoms with E-state index in [9.17, 15) is 14.4 Å². The van der Waals surface area contributed by atoms with Crippen LogP contribution in [0.3, 0.4) is 0 Å². The number of ketones is 1. The van der Waals surface area contributed by atoms with E-state index < -0.39 is 0 Å². The molecule has 0 aliphatic carbocycles. The van der Waals surface area contributed by atoms with Crippen molar-refractivity contribution < 1.29 is 19.1 Å². The first kappa shape index (κ1) is 20.4. The lowest BCUT2D eigenvalue weighted by Gasteiger charge is -2.36. The van der Waals surface area contributed by atoms with E-state index >= 15 is 0 Å². The summed E-state index contributed by atoms with van der Waals surface area (Å²) in [6.07, 6.45) is 0. The van der Waals surface area contributed by atoms with Crippen LogP contribution in [0.4, 0.5) is 16.2 Å². The number of urea groups is 1. The number of benzene rings is 2. The van der Waals surface area contributed by atoms with Gasteiger partial charge in [0.2, 0.25) is 0 Å². The number of amides is 2. The first-order valence-electron chi connectivity index (χ1n) is 9.67. The molecule has 0 atom stereocenters. The van der Waals surface area contributed by atoms with Gasteiger partial charge in [0, 0.05) is 43.1 Å². The number of carbonyl (C=O) groups excluding carboxylic acids is 3. The molecule has 7 heteroatoms. The molecule has 1 aliphatic heterocycles. The molecule has 2 aromatic carbocycles. The highest BCUT2D eigenvalue weighted by Gasteiger charge is 2.21. The first-order chi connectivity index (χ1) is 14.0. The first-order valence-corrected chi connectivity index (χ1v) is 9.67. The molecule has 152 valence electrons. The minimum atomic E-state index is -0.379. The lowest BCUT2D eigenvalue weighted by molar-refractivity contribution is 0.0526. The molecule has 0 bridgehead atoms. The number of nitrogens with zero attached hydrogens (tertiary/aromatic N) is 2. The number of esters is 1. The maximum Gasteiger partial charge on any atom is 0.338 e. The maximum absolute atomic E-state index is 12.5. The summed E-state index contributed by atoms with van der Waals surface area (Å²) in [5, 5.41) is 2.86. The van der Waals surface area contributed by atoms with Crippen molar-refractivity contribution in [1.82, 2.24) is 4.90 Å². The Morgan fingerprint density at radius 1 is 0.966 bits per heavy atom. The lowest BCUT2D eigenvalue weighted by atomic mass is 10.1. The molecule has 3 rings (SSSR count). The third-order valence-corrected chi connectivity index (χ3v) is 4.83. The third-order valence-electron chi connectivity index (χ3n) is 4.83. The summed E-state index contributed by atoms with van der Waals surface area (Å²) in [4.78, 5) is 39.7. The van der Waals surface area contributed by atoms with Gasteiger partial charge in [-0.3, -0.25) is 4.79 Å². The van der Waals surface area contributed by atoms with E-state index in [1.165, 1.54) is 0 Å². The predicted molar refractivity (Wildman–Crippen MR) is 112 cm³/mol. The number of ether oxygens (including phenoxy) is 1. The molecule has 1 heterocycles. The van der Waals surface area contributed by atoms with E-state index in [0.717, 1.165) is 5.69 Å². The number of hydrogen-bond acceptors (Lipinski definition) is 5. The van der Waals surface area contributed by atoms with E-state index in [1.54, 1.807) is 43.0 Å². The fourth-order valence-electron chi connectivity index (χ4n) is 3.20. The Hall–Kier alpha value is -3.35. The highest BCUT2D eigenvalue weighted by Crippen LogP contribution is 2.19. The Kier molecular flexibility index (Phi) is 6.49. The van der Waals surface area contributed by atoms with Gasteiger partial charge in [-0.15, -0.1) is 0 Å². The van der Waals surface area contributed by atoms with Gasteiger partial charge in [-0.1, -0.05) is 12.1 Å². The predicted octanol–water partition coefficient (Wildman–Crippen LogP) is 3.42. The fourth-order valence-corrected chi connectivity index (χ4v) is 3.20. The van der Waals surface area contributed by atoms with Crippen LogP contribution in [-0.4, -0.2) is 55.5 Å². The Labute approximate surface area is 170 Å². The van der Waals surface area contributed by atoms with E-state index in [2.05, 4.69) is 10.2 Å². The Bertz CT molecular complexity index is 887. The average molecular weight is 395 g/mol. The van der Waals surface area contributed by atoms with Crippen LogP contribution in [0.2, 0.25) is 0 Å². The molecule has 1 fully saturated rings. The summed E-state index contributed by atoms with van der Waals surface area (Å²) >= 11 is 0. The molecule has 1 aliphatic rings. The molecular weight excluding hydrogens is 370 g/mol. The Balaban J connectivity index is 1.54. The Morgan fingerprint density at radius 3 is 2.28 bits per heavy atom. The molecule has 2 amide bonds. The van der Waals surface area contributed by atoms with E-state index in [-0.39, 0.29) is 17.8 Å². The van der Waals surface area contributed by atoms with Crippen LogP contribution in [0.15, 0.2) is 48.5 Å². The van der Waals surface area contributed by atoms with Crippen LogP contribution < -0.4 is 10.2 Å². The highest BCUT2D eigenvalue weighted by atomic mass is 16.5. The normalized spacial score (nSPS) is 13.7. The molecule has 1 saturated heterocycles. The minimum absolute atomic E-state index is 0.0406. The summed E-state index contributed by atoms with van der Waals surface area (Å²) in [6, 6.07) is 14.0. The molecule has 1 N–H and O–H groups in total. The second kappa shape index (κ2) is 9.23. The largest absolute Gasteiger partial charge is 0.462 e. The summed E-state index contributed by atoms with van der Waals surface area (Å²) < 4.78 is 4.95. The van der Waals surface area contributed by atoms with Crippen molar-refractivity contribution in [3.8, 4) is 0 Å². The van der Waals surface area contributed by atoms with Gasteiger partial charge < -0.3 is 19.9 Å². The van der Waals surface area contributed by atoms with Crippen LogP contribution in [0.1, 0.15) is 34.6 Å². The van der Waals surface area contributed by atoms with E-state index in [0.29, 0.717) is 49.6 Å². The van der Waals surface area contributed by atoms with E-state index in [4.69, 9.17) is 4.74 Å². The van der Waals surface area contributed by atoms with Gasteiger partial charge in [0.1, 0.15) is 0 Å². The SMILES string of the molecule is CCOC(=O)c1ccc(NC(=O)N2CCN(c3cccc(C(C)=O)c3)CC2)cc1. The van der Waals surface area contributed by atoms with Crippen LogP contribution in [-0.2, 0) is 4.74 Å². The second-order valence-corrected chi connectivity index (χ2v) is 6.81. The van der Waals surface area contributed by atoms with Gasteiger partial charge >= 0.3 is 12.0 Å². The van der Waals surface area contributed by atoms with Gasteiger partial charge in [0.15, 0.2) is 5.78 Å². The quantitative estimate of drug-likeness (QED) is 0.620.